The predicted octanol–water partition coefficient (Wildman–Crippen LogP) is 5.15. The largest absolute Gasteiger partial charge is 0.350 e. The van der Waals surface area contributed by atoms with Crippen molar-refractivity contribution in [2.45, 2.75) is 0 Å². The smallest absolute Gasteiger partial charge is 0.150 e. The van der Waals surface area contributed by atoms with Gasteiger partial charge in [0, 0.05) is 64.6 Å². The summed E-state index contributed by atoms with van der Waals surface area (Å²) in [6, 6.07) is 6.83. The Hall–Kier alpha value is -2.58. The molecule has 0 amide bonds. The number of halogens is 2. The molecule has 5 rings (SSSR count). The van der Waals surface area contributed by atoms with Gasteiger partial charge < -0.3 is 9.13 Å². The Morgan fingerprint density at radius 3 is 2.44 bits per heavy atom. The molecule has 0 unspecified atom stereocenters. The Kier molecular flexibility index (Phi) is 3.66. The van der Waals surface area contributed by atoms with Gasteiger partial charge in [-0.25, -0.2) is 9.37 Å². The minimum atomic E-state index is -0.260. The van der Waals surface area contributed by atoms with Crippen LogP contribution >= 0.6 is 27.3 Å². The van der Waals surface area contributed by atoms with Gasteiger partial charge in [0.2, 0.25) is 0 Å². The summed E-state index contributed by atoms with van der Waals surface area (Å²) in [6.45, 7) is 0. The molecule has 0 atom stereocenters. The van der Waals surface area contributed by atoms with Crippen LogP contribution < -0.4 is 0 Å². The molecule has 0 saturated heterocycles. The van der Waals surface area contributed by atoms with Gasteiger partial charge in [-0.3, -0.25) is 0 Å². The van der Waals surface area contributed by atoms with E-state index in [4.69, 9.17) is 0 Å². The van der Waals surface area contributed by atoms with Crippen LogP contribution in [-0.4, -0.2) is 24.3 Å². The topological polar surface area (TPSA) is 48.5 Å². The quantitative estimate of drug-likeness (QED) is 0.380. The minimum Gasteiger partial charge on any atom is -0.350 e. The highest BCUT2D eigenvalue weighted by atomic mass is 79.9. The van der Waals surface area contributed by atoms with Crippen LogP contribution in [0.25, 0.3) is 43.1 Å². The van der Waals surface area contributed by atoms with Crippen molar-refractivity contribution in [2.75, 3.05) is 0 Å². The number of aromatic nitrogens is 5. The summed E-state index contributed by atoms with van der Waals surface area (Å²) < 4.78 is 18.6. The van der Waals surface area contributed by atoms with Crippen molar-refractivity contribution >= 4 is 49.2 Å². The summed E-state index contributed by atoms with van der Waals surface area (Å²) in [6.07, 6.45) is 5.76. The number of fused-ring (bicyclic) bond motifs is 2. The first-order valence-corrected chi connectivity index (χ1v) is 9.81. The van der Waals surface area contributed by atoms with E-state index in [0.717, 1.165) is 47.6 Å². The van der Waals surface area contributed by atoms with Crippen LogP contribution in [0.2, 0.25) is 0 Å². The lowest BCUT2D eigenvalue weighted by Crippen LogP contribution is -1.86. The molecule has 0 aliphatic carbocycles. The van der Waals surface area contributed by atoms with Crippen molar-refractivity contribution in [1.82, 2.24) is 24.3 Å². The van der Waals surface area contributed by atoms with Crippen molar-refractivity contribution in [3.63, 3.8) is 0 Å². The lowest BCUT2D eigenvalue weighted by molar-refractivity contribution is 0.629. The highest BCUT2D eigenvalue weighted by Crippen LogP contribution is 2.38. The lowest BCUT2D eigenvalue weighted by atomic mass is 10.2. The highest BCUT2D eigenvalue weighted by molar-refractivity contribution is 9.10. The van der Waals surface area contributed by atoms with Gasteiger partial charge in [-0.15, -0.1) is 10.2 Å². The van der Waals surface area contributed by atoms with E-state index in [-0.39, 0.29) is 5.82 Å². The molecule has 27 heavy (non-hydrogen) atoms. The second-order valence-corrected chi connectivity index (χ2v) is 8.30. The average molecular weight is 442 g/mol. The van der Waals surface area contributed by atoms with Gasteiger partial charge in [0.05, 0.1) is 0 Å². The van der Waals surface area contributed by atoms with Gasteiger partial charge >= 0.3 is 0 Å². The molecule has 4 aromatic heterocycles. The van der Waals surface area contributed by atoms with Crippen molar-refractivity contribution in [3.05, 3.63) is 53.1 Å². The Morgan fingerprint density at radius 1 is 0.963 bits per heavy atom. The summed E-state index contributed by atoms with van der Waals surface area (Å²) in [4.78, 5) is 4.47. The van der Waals surface area contributed by atoms with E-state index in [1.54, 1.807) is 18.3 Å². The lowest BCUT2D eigenvalue weighted by Gasteiger charge is -1.95. The molecule has 0 aliphatic rings. The Morgan fingerprint density at radius 2 is 1.67 bits per heavy atom. The van der Waals surface area contributed by atoms with Gasteiger partial charge in [0.1, 0.15) is 21.5 Å². The summed E-state index contributed by atoms with van der Waals surface area (Å²) in [5.41, 5.74) is 3.71. The second kappa shape index (κ2) is 5.97. The SMILES string of the molecule is Cn1cc(-c2nnc(-c3cn(C)c4ncc(Br)cc34)s2)c2cc(F)ccc21. The van der Waals surface area contributed by atoms with E-state index < -0.39 is 0 Å². The summed E-state index contributed by atoms with van der Waals surface area (Å²) in [5, 5.41) is 12.2. The molecule has 0 saturated carbocycles. The fraction of sp³-hybridized carbons (Fsp3) is 0.105. The molecular formula is C19H13BrFN5S. The van der Waals surface area contributed by atoms with Crippen LogP contribution in [-0.2, 0) is 14.1 Å². The van der Waals surface area contributed by atoms with Crippen LogP contribution in [0.3, 0.4) is 0 Å². The fourth-order valence-corrected chi connectivity index (χ4v) is 4.60. The van der Waals surface area contributed by atoms with Gasteiger partial charge in [-0.1, -0.05) is 11.3 Å². The average Bonchev–Trinajstić information content (AvgIpc) is 3.32. The Balaban J connectivity index is 1.68. The van der Waals surface area contributed by atoms with Crippen LogP contribution in [0.4, 0.5) is 4.39 Å². The zero-order valence-corrected chi connectivity index (χ0v) is 16.8. The third-order valence-corrected chi connectivity index (χ3v) is 6.04. The van der Waals surface area contributed by atoms with Gasteiger partial charge in [-0.05, 0) is 40.2 Å². The van der Waals surface area contributed by atoms with Crippen LogP contribution in [0.1, 0.15) is 0 Å². The molecule has 0 bridgehead atoms. The van der Waals surface area contributed by atoms with Crippen molar-refractivity contribution < 1.29 is 4.39 Å². The Bertz CT molecular complexity index is 1230. The third-order valence-electron chi connectivity index (χ3n) is 4.62. The number of nitrogens with zero attached hydrogens (tertiary/aromatic N) is 5. The first-order chi connectivity index (χ1) is 13.0. The first kappa shape index (κ1) is 16.6. The van der Waals surface area contributed by atoms with Crippen molar-refractivity contribution in [3.8, 4) is 21.1 Å². The number of aryl methyl sites for hydroxylation is 2. The summed E-state index contributed by atoms with van der Waals surface area (Å²) in [7, 11) is 3.90. The van der Waals surface area contributed by atoms with E-state index in [1.807, 2.05) is 41.7 Å². The molecule has 1 aromatic carbocycles. The third kappa shape index (κ3) is 2.59. The number of pyridine rings is 1. The molecule has 0 radical (unpaired) electrons. The summed E-state index contributed by atoms with van der Waals surface area (Å²) >= 11 is 4.98. The fourth-order valence-electron chi connectivity index (χ4n) is 3.38. The molecular weight excluding hydrogens is 429 g/mol. The van der Waals surface area contributed by atoms with E-state index >= 15 is 0 Å². The minimum absolute atomic E-state index is 0.260. The standard InChI is InChI=1S/C19H13BrFN5S/c1-25-8-14(12-6-11(21)3-4-16(12)25)18-23-24-19(27-18)15-9-26(2)17-13(15)5-10(20)7-22-17/h3-9H,1-2H3. The van der Waals surface area contributed by atoms with Crippen LogP contribution in [0.15, 0.2) is 47.3 Å². The normalized spacial score (nSPS) is 11.7. The van der Waals surface area contributed by atoms with E-state index in [1.165, 1.54) is 17.4 Å². The molecule has 4 heterocycles. The predicted molar refractivity (Wildman–Crippen MR) is 109 cm³/mol. The van der Waals surface area contributed by atoms with Crippen LogP contribution in [0.5, 0.6) is 0 Å². The molecule has 0 aliphatic heterocycles. The number of benzene rings is 1. The molecule has 5 nitrogen and oxygen atoms in total. The van der Waals surface area contributed by atoms with Gasteiger partial charge in [0.15, 0.2) is 0 Å². The number of hydrogen-bond acceptors (Lipinski definition) is 4. The van der Waals surface area contributed by atoms with E-state index in [2.05, 4.69) is 31.1 Å². The van der Waals surface area contributed by atoms with Crippen LogP contribution in [0, 0.1) is 5.82 Å². The number of rotatable bonds is 2. The highest BCUT2D eigenvalue weighted by Gasteiger charge is 2.18. The van der Waals surface area contributed by atoms with Gasteiger partial charge in [0.25, 0.3) is 0 Å². The molecule has 8 heteroatoms. The molecule has 5 aromatic rings. The molecule has 0 spiro atoms. The molecule has 0 fully saturated rings. The molecule has 134 valence electrons. The summed E-state index contributed by atoms with van der Waals surface area (Å²) in [5.74, 6) is -0.260. The zero-order valence-electron chi connectivity index (χ0n) is 14.4. The maximum absolute atomic E-state index is 13.8. The monoisotopic (exact) mass is 441 g/mol. The van der Waals surface area contributed by atoms with Crippen molar-refractivity contribution in [2.24, 2.45) is 14.1 Å². The Labute approximate surface area is 166 Å². The zero-order chi connectivity index (χ0) is 18.7. The van der Waals surface area contributed by atoms with Gasteiger partial charge in [-0.2, -0.15) is 0 Å². The maximum atomic E-state index is 13.8. The number of hydrogen-bond donors (Lipinski definition) is 0. The van der Waals surface area contributed by atoms with E-state index in [9.17, 15) is 4.39 Å². The molecule has 0 N–H and O–H groups in total. The van der Waals surface area contributed by atoms with E-state index in [0.29, 0.717) is 0 Å². The van der Waals surface area contributed by atoms with Crippen molar-refractivity contribution in [1.29, 1.82) is 0 Å². The first-order valence-electron chi connectivity index (χ1n) is 8.20. The second-order valence-electron chi connectivity index (χ2n) is 6.41. The maximum Gasteiger partial charge on any atom is 0.150 e.